The third-order valence-electron chi connectivity index (χ3n) is 3.48. The molecule has 1 atom stereocenters. The number of methoxy groups -OCH3 is 1. The van der Waals surface area contributed by atoms with Gasteiger partial charge in [0.1, 0.15) is 5.75 Å². The van der Waals surface area contributed by atoms with Gasteiger partial charge in [-0.05, 0) is 31.2 Å². The second-order valence-electron chi connectivity index (χ2n) is 4.65. The van der Waals surface area contributed by atoms with Crippen LogP contribution in [-0.2, 0) is 10.0 Å². The summed E-state index contributed by atoms with van der Waals surface area (Å²) >= 11 is 6.02. The number of benzene rings is 1. The third-order valence-corrected chi connectivity index (χ3v) is 5.80. The molecule has 5 nitrogen and oxygen atoms in total. The summed E-state index contributed by atoms with van der Waals surface area (Å²) in [6.45, 7) is 3.83. The van der Waals surface area contributed by atoms with Gasteiger partial charge in [0.15, 0.2) is 0 Å². The SMILES string of the molecule is CCN(C1CCNC1)S(=O)(=O)c1ccc(OC)c(Cl)c1. The highest BCUT2D eigenvalue weighted by molar-refractivity contribution is 7.89. The minimum atomic E-state index is -3.53. The Morgan fingerprint density at radius 2 is 2.25 bits per heavy atom. The first-order valence-electron chi connectivity index (χ1n) is 6.56. The average molecular weight is 319 g/mol. The molecule has 1 saturated heterocycles. The van der Waals surface area contributed by atoms with E-state index in [4.69, 9.17) is 16.3 Å². The molecule has 1 fully saturated rings. The van der Waals surface area contributed by atoms with Gasteiger partial charge in [-0.2, -0.15) is 4.31 Å². The van der Waals surface area contributed by atoms with Gasteiger partial charge in [0, 0.05) is 19.1 Å². The van der Waals surface area contributed by atoms with Crippen LogP contribution in [0.3, 0.4) is 0 Å². The second-order valence-corrected chi connectivity index (χ2v) is 6.95. The maximum absolute atomic E-state index is 12.7. The lowest BCUT2D eigenvalue weighted by Gasteiger charge is -2.26. The zero-order valence-corrected chi connectivity index (χ0v) is 13.2. The number of rotatable bonds is 5. The van der Waals surface area contributed by atoms with E-state index in [0.717, 1.165) is 13.0 Å². The van der Waals surface area contributed by atoms with Gasteiger partial charge in [0.25, 0.3) is 0 Å². The van der Waals surface area contributed by atoms with E-state index in [1.54, 1.807) is 6.07 Å². The average Bonchev–Trinajstić information content (AvgIpc) is 2.93. The van der Waals surface area contributed by atoms with Gasteiger partial charge in [-0.25, -0.2) is 8.42 Å². The van der Waals surface area contributed by atoms with Crippen molar-refractivity contribution >= 4 is 21.6 Å². The maximum atomic E-state index is 12.7. The van der Waals surface area contributed by atoms with Crippen LogP contribution in [0.25, 0.3) is 0 Å². The molecule has 112 valence electrons. The molecule has 0 aromatic heterocycles. The van der Waals surface area contributed by atoms with Gasteiger partial charge < -0.3 is 10.1 Å². The summed E-state index contributed by atoms with van der Waals surface area (Å²) in [5, 5.41) is 3.49. The lowest BCUT2D eigenvalue weighted by atomic mass is 10.3. The minimum Gasteiger partial charge on any atom is -0.495 e. The van der Waals surface area contributed by atoms with Crippen molar-refractivity contribution in [2.45, 2.75) is 24.3 Å². The van der Waals surface area contributed by atoms with Crippen molar-refractivity contribution in [3.05, 3.63) is 23.2 Å². The van der Waals surface area contributed by atoms with Gasteiger partial charge in [0.05, 0.1) is 17.0 Å². The van der Waals surface area contributed by atoms with Gasteiger partial charge in [-0.1, -0.05) is 18.5 Å². The predicted octanol–water partition coefficient (Wildman–Crippen LogP) is 1.72. The zero-order valence-electron chi connectivity index (χ0n) is 11.6. The van der Waals surface area contributed by atoms with Crippen molar-refractivity contribution in [3.63, 3.8) is 0 Å². The van der Waals surface area contributed by atoms with Crippen molar-refractivity contribution in [3.8, 4) is 5.75 Å². The Morgan fingerprint density at radius 3 is 2.75 bits per heavy atom. The van der Waals surface area contributed by atoms with Gasteiger partial charge in [0.2, 0.25) is 10.0 Å². The van der Waals surface area contributed by atoms with E-state index in [2.05, 4.69) is 5.32 Å². The Hall–Kier alpha value is -0.820. The van der Waals surface area contributed by atoms with E-state index in [1.165, 1.54) is 23.5 Å². The fourth-order valence-corrected chi connectivity index (χ4v) is 4.46. The Bertz CT molecular complexity index is 571. The van der Waals surface area contributed by atoms with E-state index in [1.807, 2.05) is 6.92 Å². The Labute approximate surface area is 124 Å². The van der Waals surface area contributed by atoms with Crippen molar-refractivity contribution in [2.24, 2.45) is 0 Å². The summed E-state index contributed by atoms with van der Waals surface area (Å²) in [4.78, 5) is 0.206. The summed E-state index contributed by atoms with van der Waals surface area (Å²) in [7, 11) is -2.03. The first-order valence-corrected chi connectivity index (χ1v) is 8.38. The quantitative estimate of drug-likeness (QED) is 0.898. The lowest BCUT2D eigenvalue weighted by molar-refractivity contribution is 0.348. The maximum Gasteiger partial charge on any atom is 0.243 e. The van der Waals surface area contributed by atoms with Crippen LogP contribution in [0.15, 0.2) is 23.1 Å². The summed E-state index contributed by atoms with van der Waals surface area (Å²) in [5.41, 5.74) is 0. The fourth-order valence-electron chi connectivity index (χ4n) is 2.45. The molecule has 2 rings (SSSR count). The molecule has 0 amide bonds. The first-order chi connectivity index (χ1) is 9.50. The van der Waals surface area contributed by atoms with Crippen LogP contribution in [0.1, 0.15) is 13.3 Å². The number of nitrogens with one attached hydrogen (secondary N) is 1. The van der Waals surface area contributed by atoms with Crippen LogP contribution in [0, 0.1) is 0 Å². The van der Waals surface area contributed by atoms with Crippen molar-refractivity contribution < 1.29 is 13.2 Å². The van der Waals surface area contributed by atoms with E-state index in [-0.39, 0.29) is 10.9 Å². The summed E-state index contributed by atoms with van der Waals surface area (Å²) in [6, 6.07) is 4.56. The Balaban J connectivity index is 2.35. The van der Waals surface area contributed by atoms with Crippen LogP contribution >= 0.6 is 11.6 Å². The molecule has 0 radical (unpaired) electrons. The first kappa shape index (κ1) is 15.6. The number of ether oxygens (including phenoxy) is 1. The van der Waals surface area contributed by atoms with Crippen molar-refractivity contribution in [2.75, 3.05) is 26.7 Å². The van der Waals surface area contributed by atoms with Gasteiger partial charge in [-0.15, -0.1) is 0 Å². The van der Waals surface area contributed by atoms with Crippen LogP contribution in [0.4, 0.5) is 0 Å². The van der Waals surface area contributed by atoms with E-state index in [0.29, 0.717) is 23.9 Å². The molecule has 7 heteroatoms. The highest BCUT2D eigenvalue weighted by Crippen LogP contribution is 2.29. The third kappa shape index (κ3) is 2.93. The van der Waals surface area contributed by atoms with Crippen LogP contribution in [-0.4, -0.2) is 45.5 Å². The molecule has 0 bridgehead atoms. The highest BCUT2D eigenvalue weighted by Gasteiger charge is 2.32. The van der Waals surface area contributed by atoms with Gasteiger partial charge >= 0.3 is 0 Å². The number of hydrogen-bond donors (Lipinski definition) is 1. The van der Waals surface area contributed by atoms with Gasteiger partial charge in [-0.3, -0.25) is 0 Å². The molecule has 0 aliphatic carbocycles. The summed E-state index contributed by atoms with van der Waals surface area (Å²) in [5.74, 6) is 0.469. The smallest absolute Gasteiger partial charge is 0.243 e. The topological polar surface area (TPSA) is 58.6 Å². The minimum absolute atomic E-state index is 0.00544. The number of sulfonamides is 1. The Kier molecular flexibility index (Phi) is 4.90. The van der Waals surface area contributed by atoms with E-state index < -0.39 is 10.0 Å². The van der Waals surface area contributed by atoms with Crippen molar-refractivity contribution in [1.29, 1.82) is 0 Å². The van der Waals surface area contributed by atoms with Crippen LogP contribution in [0.5, 0.6) is 5.75 Å². The molecule has 0 saturated carbocycles. The Morgan fingerprint density at radius 1 is 1.50 bits per heavy atom. The van der Waals surface area contributed by atoms with E-state index >= 15 is 0 Å². The second kappa shape index (κ2) is 6.30. The molecular weight excluding hydrogens is 300 g/mol. The van der Waals surface area contributed by atoms with E-state index in [9.17, 15) is 8.42 Å². The highest BCUT2D eigenvalue weighted by atomic mass is 35.5. The summed E-state index contributed by atoms with van der Waals surface area (Å²) < 4.78 is 32.0. The largest absolute Gasteiger partial charge is 0.495 e. The number of nitrogens with zero attached hydrogens (tertiary/aromatic N) is 1. The number of likely N-dealkylation sites (N-methyl/N-ethyl adjacent to an activating group) is 1. The number of halogens is 1. The monoisotopic (exact) mass is 318 g/mol. The number of hydrogen-bond acceptors (Lipinski definition) is 4. The molecule has 1 N–H and O–H groups in total. The molecular formula is C13H19ClN2O3S. The molecule has 1 aliphatic rings. The molecule has 1 aromatic carbocycles. The molecule has 1 heterocycles. The fraction of sp³-hybridized carbons (Fsp3) is 0.538. The predicted molar refractivity (Wildman–Crippen MR) is 78.8 cm³/mol. The normalized spacial score (nSPS) is 19.5. The van der Waals surface area contributed by atoms with Crippen LogP contribution < -0.4 is 10.1 Å². The molecule has 1 unspecified atom stereocenters. The molecule has 1 aromatic rings. The lowest BCUT2D eigenvalue weighted by Crippen LogP contribution is -2.41. The standard InChI is InChI=1S/C13H19ClN2O3S/c1-3-16(10-6-7-15-9-10)20(17,18)11-4-5-13(19-2)12(14)8-11/h4-5,8,10,15H,3,6-7,9H2,1-2H3. The molecule has 0 spiro atoms. The molecule has 1 aliphatic heterocycles. The molecule has 20 heavy (non-hydrogen) atoms. The zero-order chi connectivity index (χ0) is 14.8. The van der Waals surface area contributed by atoms with Crippen LogP contribution in [0.2, 0.25) is 5.02 Å². The van der Waals surface area contributed by atoms with Crippen molar-refractivity contribution in [1.82, 2.24) is 9.62 Å². The summed E-state index contributed by atoms with van der Waals surface area (Å²) in [6.07, 6.45) is 0.830.